The molecular weight excluding hydrogens is 240 g/mol. The highest BCUT2D eigenvalue weighted by molar-refractivity contribution is 5.81. The number of carbonyl (C=O) groups excluding carboxylic acids is 1. The number of anilines is 1. The van der Waals surface area contributed by atoms with E-state index in [0.717, 1.165) is 30.8 Å². The molecule has 1 heterocycles. The van der Waals surface area contributed by atoms with E-state index >= 15 is 0 Å². The van der Waals surface area contributed by atoms with Gasteiger partial charge in [-0.3, -0.25) is 4.79 Å². The minimum atomic E-state index is -0.203. The molecule has 0 spiro atoms. The lowest BCUT2D eigenvalue weighted by atomic mass is 10.1. The van der Waals surface area contributed by atoms with Crippen molar-refractivity contribution in [1.82, 2.24) is 15.3 Å². The summed E-state index contributed by atoms with van der Waals surface area (Å²) >= 11 is 0. The lowest BCUT2D eigenvalue weighted by Crippen LogP contribution is -2.45. The minimum Gasteiger partial charge on any atom is -0.350 e. The highest BCUT2D eigenvalue weighted by atomic mass is 16.2. The van der Waals surface area contributed by atoms with Crippen LogP contribution in [0, 0.1) is 0 Å². The Morgan fingerprint density at radius 1 is 1.37 bits per heavy atom. The maximum Gasteiger partial charge on any atom is 0.239 e. The van der Waals surface area contributed by atoms with Crippen molar-refractivity contribution in [3.05, 3.63) is 17.6 Å². The number of carbonyl (C=O) groups is 1. The summed E-state index contributed by atoms with van der Waals surface area (Å²) in [5, 5.41) is 2.96. The Balaban J connectivity index is 2.07. The first-order valence-electron chi connectivity index (χ1n) is 6.72. The fourth-order valence-corrected chi connectivity index (χ4v) is 2.42. The van der Waals surface area contributed by atoms with Gasteiger partial charge in [-0.15, -0.1) is 0 Å². The molecule has 5 heteroatoms. The van der Waals surface area contributed by atoms with Crippen LogP contribution in [-0.2, 0) is 17.6 Å². The Kier molecular flexibility index (Phi) is 3.73. The maximum atomic E-state index is 11.9. The predicted octanol–water partition coefficient (Wildman–Crippen LogP) is 1.32. The van der Waals surface area contributed by atoms with Crippen molar-refractivity contribution in [3.8, 4) is 0 Å². The van der Waals surface area contributed by atoms with E-state index in [0.29, 0.717) is 6.54 Å². The number of rotatable bonds is 3. The van der Waals surface area contributed by atoms with E-state index in [1.54, 1.807) is 6.33 Å². The van der Waals surface area contributed by atoms with Crippen molar-refractivity contribution in [1.29, 1.82) is 0 Å². The molecule has 0 radical (unpaired) electrons. The van der Waals surface area contributed by atoms with Gasteiger partial charge < -0.3 is 10.2 Å². The summed E-state index contributed by atoms with van der Waals surface area (Å²) in [6.07, 6.45) is 4.75. The molecule has 0 saturated heterocycles. The number of likely N-dealkylation sites (N-methyl/N-ethyl adjacent to an activating group) is 1. The van der Waals surface area contributed by atoms with E-state index in [2.05, 4.69) is 15.3 Å². The molecule has 1 aliphatic rings. The van der Waals surface area contributed by atoms with E-state index in [-0.39, 0.29) is 11.4 Å². The van der Waals surface area contributed by atoms with E-state index in [1.807, 2.05) is 32.7 Å². The minimum absolute atomic E-state index is 0.0142. The molecule has 0 bridgehead atoms. The van der Waals surface area contributed by atoms with Gasteiger partial charge in [0.25, 0.3) is 0 Å². The van der Waals surface area contributed by atoms with Gasteiger partial charge in [-0.2, -0.15) is 0 Å². The van der Waals surface area contributed by atoms with Gasteiger partial charge in [0.05, 0.1) is 6.54 Å². The number of hydrogen-bond donors (Lipinski definition) is 1. The Labute approximate surface area is 114 Å². The molecule has 0 fully saturated rings. The lowest BCUT2D eigenvalue weighted by molar-refractivity contribution is -0.121. The van der Waals surface area contributed by atoms with E-state index < -0.39 is 0 Å². The van der Waals surface area contributed by atoms with E-state index in [4.69, 9.17) is 0 Å². The second-order valence-electron chi connectivity index (χ2n) is 6.13. The van der Waals surface area contributed by atoms with Crippen LogP contribution in [0.5, 0.6) is 0 Å². The van der Waals surface area contributed by atoms with Gasteiger partial charge in [-0.05, 0) is 40.0 Å². The van der Waals surface area contributed by atoms with Gasteiger partial charge in [0, 0.05) is 23.8 Å². The fraction of sp³-hybridized carbons (Fsp3) is 0.643. The normalized spacial score (nSPS) is 14.1. The van der Waals surface area contributed by atoms with Gasteiger partial charge in [-0.25, -0.2) is 9.97 Å². The van der Waals surface area contributed by atoms with Crippen LogP contribution in [0.3, 0.4) is 0 Å². The number of hydrogen-bond acceptors (Lipinski definition) is 4. The Hall–Kier alpha value is -1.65. The summed E-state index contributed by atoms with van der Waals surface area (Å²) < 4.78 is 0. The summed E-state index contributed by atoms with van der Waals surface area (Å²) in [5.41, 5.74) is 2.13. The van der Waals surface area contributed by atoms with Gasteiger partial charge in [0.15, 0.2) is 0 Å². The monoisotopic (exact) mass is 262 g/mol. The number of amides is 1. The molecule has 0 aromatic carbocycles. The first-order valence-corrected chi connectivity index (χ1v) is 6.72. The van der Waals surface area contributed by atoms with Crippen LogP contribution >= 0.6 is 0 Å². The Morgan fingerprint density at radius 3 is 2.79 bits per heavy atom. The fourth-order valence-electron chi connectivity index (χ4n) is 2.42. The average Bonchev–Trinajstić information content (AvgIpc) is 2.73. The number of nitrogens with one attached hydrogen (secondary N) is 1. The molecule has 0 aliphatic heterocycles. The second kappa shape index (κ2) is 5.15. The highest BCUT2D eigenvalue weighted by Gasteiger charge is 2.21. The standard InChI is InChI=1S/C14H22N4O/c1-14(2,3)17-12(19)8-18(4)13-10-6-5-7-11(10)15-9-16-13/h9H,5-8H2,1-4H3,(H,17,19). The first kappa shape index (κ1) is 13.8. The van der Waals surface area contributed by atoms with Crippen molar-refractivity contribution in [2.24, 2.45) is 0 Å². The van der Waals surface area contributed by atoms with E-state index in [9.17, 15) is 4.79 Å². The summed E-state index contributed by atoms with van der Waals surface area (Å²) in [5.74, 6) is 0.909. The van der Waals surface area contributed by atoms with Gasteiger partial charge in [0.1, 0.15) is 12.1 Å². The Morgan fingerprint density at radius 2 is 2.11 bits per heavy atom. The smallest absolute Gasteiger partial charge is 0.239 e. The highest BCUT2D eigenvalue weighted by Crippen LogP contribution is 2.26. The topological polar surface area (TPSA) is 58.1 Å². The molecule has 1 N–H and O–H groups in total. The molecule has 1 aliphatic carbocycles. The zero-order valence-electron chi connectivity index (χ0n) is 12.2. The second-order valence-corrected chi connectivity index (χ2v) is 6.13. The zero-order valence-corrected chi connectivity index (χ0v) is 12.2. The van der Waals surface area contributed by atoms with E-state index in [1.165, 1.54) is 5.56 Å². The van der Waals surface area contributed by atoms with Crippen molar-refractivity contribution in [3.63, 3.8) is 0 Å². The maximum absolute atomic E-state index is 11.9. The number of nitrogens with zero attached hydrogens (tertiary/aromatic N) is 3. The molecule has 1 aromatic rings. The lowest BCUT2D eigenvalue weighted by Gasteiger charge is -2.24. The van der Waals surface area contributed by atoms with Crippen LogP contribution in [0.4, 0.5) is 5.82 Å². The molecule has 0 saturated carbocycles. The molecule has 5 nitrogen and oxygen atoms in total. The molecule has 2 rings (SSSR count). The van der Waals surface area contributed by atoms with Crippen LogP contribution in [-0.4, -0.2) is 35.0 Å². The molecule has 0 atom stereocenters. The third-order valence-electron chi connectivity index (χ3n) is 3.11. The molecule has 19 heavy (non-hydrogen) atoms. The first-order chi connectivity index (χ1) is 8.87. The van der Waals surface area contributed by atoms with Crippen LogP contribution in [0.1, 0.15) is 38.4 Å². The van der Waals surface area contributed by atoms with Gasteiger partial charge in [-0.1, -0.05) is 0 Å². The van der Waals surface area contributed by atoms with Crippen LogP contribution < -0.4 is 10.2 Å². The quantitative estimate of drug-likeness (QED) is 0.892. The summed E-state index contributed by atoms with van der Waals surface area (Å²) in [4.78, 5) is 22.5. The SMILES string of the molecule is CN(CC(=O)NC(C)(C)C)c1ncnc2c1CCC2. The molecular formula is C14H22N4O. The van der Waals surface area contributed by atoms with Crippen molar-refractivity contribution < 1.29 is 4.79 Å². The average molecular weight is 262 g/mol. The largest absolute Gasteiger partial charge is 0.350 e. The number of aromatic nitrogens is 2. The van der Waals surface area contributed by atoms with Crippen LogP contribution in [0.25, 0.3) is 0 Å². The van der Waals surface area contributed by atoms with Crippen molar-refractivity contribution >= 4 is 11.7 Å². The third kappa shape index (κ3) is 3.43. The predicted molar refractivity (Wildman–Crippen MR) is 75.2 cm³/mol. The summed E-state index contributed by atoms with van der Waals surface area (Å²) in [6.45, 7) is 6.26. The van der Waals surface area contributed by atoms with Crippen LogP contribution in [0.2, 0.25) is 0 Å². The van der Waals surface area contributed by atoms with Gasteiger partial charge in [0.2, 0.25) is 5.91 Å². The van der Waals surface area contributed by atoms with Gasteiger partial charge >= 0.3 is 0 Å². The number of fused-ring (bicyclic) bond motifs is 1. The Bertz CT molecular complexity index is 479. The van der Waals surface area contributed by atoms with Crippen LogP contribution in [0.15, 0.2) is 6.33 Å². The molecule has 0 unspecified atom stereocenters. The zero-order chi connectivity index (χ0) is 14.0. The third-order valence-corrected chi connectivity index (χ3v) is 3.11. The molecule has 104 valence electrons. The van der Waals surface area contributed by atoms with Crippen molar-refractivity contribution in [2.45, 2.75) is 45.6 Å². The molecule has 1 aromatic heterocycles. The van der Waals surface area contributed by atoms with Crippen molar-refractivity contribution in [2.75, 3.05) is 18.5 Å². The summed E-state index contributed by atoms with van der Waals surface area (Å²) in [7, 11) is 1.91. The number of aryl methyl sites for hydroxylation is 1. The molecule has 1 amide bonds. The summed E-state index contributed by atoms with van der Waals surface area (Å²) in [6, 6.07) is 0.